The first-order valence-corrected chi connectivity index (χ1v) is 7.66. The maximum Gasteiger partial charge on any atom is 0.230 e. The Morgan fingerprint density at radius 3 is 2.30 bits per heavy atom. The topological polar surface area (TPSA) is 55.1 Å². The predicted molar refractivity (Wildman–Crippen MR) is 82.4 cm³/mol. The monoisotopic (exact) mass is 274 g/mol. The van der Waals surface area contributed by atoms with Crippen molar-refractivity contribution in [1.82, 2.24) is 5.32 Å². The fraction of sp³-hybridized carbons (Fsp3) is 0.588. The second kappa shape index (κ2) is 5.96. The Morgan fingerprint density at radius 2 is 1.85 bits per heavy atom. The van der Waals surface area contributed by atoms with Gasteiger partial charge in [-0.05, 0) is 43.2 Å². The van der Waals surface area contributed by atoms with Gasteiger partial charge < -0.3 is 11.1 Å². The van der Waals surface area contributed by atoms with Crippen LogP contribution in [0.25, 0.3) is 0 Å². The smallest absolute Gasteiger partial charge is 0.230 e. The average molecular weight is 274 g/mol. The molecule has 0 spiro atoms. The zero-order valence-corrected chi connectivity index (χ0v) is 12.6. The first-order chi connectivity index (χ1) is 9.62. The van der Waals surface area contributed by atoms with Crippen LogP contribution in [0.1, 0.15) is 45.1 Å². The highest BCUT2D eigenvalue weighted by atomic mass is 16.2. The second-order valence-corrected chi connectivity index (χ2v) is 6.04. The molecule has 1 fully saturated rings. The number of carbonyl (C=O) groups is 1. The highest BCUT2D eigenvalue weighted by Crippen LogP contribution is 2.48. The Hall–Kier alpha value is -1.35. The molecule has 0 aliphatic heterocycles. The maximum absolute atomic E-state index is 12.6. The first-order valence-electron chi connectivity index (χ1n) is 7.66. The van der Waals surface area contributed by atoms with Gasteiger partial charge in [0.15, 0.2) is 0 Å². The number of rotatable bonds is 7. The molecule has 1 amide bonds. The molecule has 0 radical (unpaired) electrons. The number of hydrogen-bond donors (Lipinski definition) is 2. The van der Waals surface area contributed by atoms with E-state index in [9.17, 15) is 4.79 Å². The van der Waals surface area contributed by atoms with Gasteiger partial charge in [-0.2, -0.15) is 0 Å². The lowest BCUT2D eigenvalue weighted by atomic mass is 9.82. The van der Waals surface area contributed by atoms with Crippen molar-refractivity contribution >= 4 is 5.91 Å². The predicted octanol–water partition coefficient (Wildman–Crippen LogP) is 2.60. The van der Waals surface area contributed by atoms with Crippen molar-refractivity contribution < 1.29 is 4.79 Å². The summed E-state index contributed by atoms with van der Waals surface area (Å²) in [5.41, 5.74) is 6.81. The zero-order valence-electron chi connectivity index (χ0n) is 12.6. The van der Waals surface area contributed by atoms with E-state index >= 15 is 0 Å². The summed E-state index contributed by atoms with van der Waals surface area (Å²) in [4.78, 5) is 12.6. The maximum atomic E-state index is 12.6. The van der Waals surface area contributed by atoms with E-state index in [1.165, 1.54) is 0 Å². The van der Waals surface area contributed by atoms with Crippen molar-refractivity contribution in [3.05, 3.63) is 35.9 Å². The van der Waals surface area contributed by atoms with Crippen molar-refractivity contribution in [2.45, 2.75) is 44.9 Å². The molecule has 0 saturated heterocycles. The molecular formula is C17H26N2O. The molecule has 0 bridgehead atoms. The summed E-state index contributed by atoms with van der Waals surface area (Å²) >= 11 is 0. The van der Waals surface area contributed by atoms with E-state index in [0.717, 1.165) is 31.2 Å². The van der Waals surface area contributed by atoms with Crippen LogP contribution in [0.2, 0.25) is 0 Å². The molecule has 110 valence electrons. The number of benzene rings is 1. The molecule has 3 N–H and O–H groups in total. The van der Waals surface area contributed by atoms with Crippen LogP contribution in [0.3, 0.4) is 0 Å². The summed E-state index contributed by atoms with van der Waals surface area (Å²) in [5.74, 6) is 0.170. The van der Waals surface area contributed by atoms with Crippen LogP contribution in [-0.4, -0.2) is 19.0 Å². The summed E-state index contributed by atoms with van der Waals surface area (Å²) in [6.07, 6.45) is 3.91. The lowest BCUT2D eigenvalue weighted by Gasteiger charge is -2.31. The first kappa shape index (κ1) is 15.0. The number of hydrogen-bond acceptors (Lipinski definition) is 2. The van der Waals surface area contributed by atoms with E-state index in [0.29, 0.717) is 13.1 Å². The van der Waals surface area contributed by atoms with E-state index in [1.54, 1.807) is 0 Å². The van der Waals surface area contributed by atoms with Gasteiger partial charge in [-0.1, -0.05) is 44.2 Å². The number of amides is 1. The van der Waals surface area contributed by atoms with Crippen LogP contribution >= 0.6 is 0 Å². The third kappa shape index (κ3) is 2.73. The minimum absolute atomic E-state index is 0.0441. The van der Waals surface area contributed by atoms with Gasteiger partial charge in [-0.25, -0.2) is 0 Å². The Morgan fingerprint density at radius 1 is 1.25 bits per heavy atom. The molecule has 20 heavy (non-hydrogen) atoms. The van der Waals surface area contributed by atoms with Crippen molar-refractivity contribution in [1.29, 1.82) is 0 Å². The molecular weight excluding hydrogens is 248 g/mol. The summed E-state index contributed by atoms with van der Waals surface area (Å²) in [7, 11) is 0. The van der Waals surface area contributed by atoms with Gasteiger partial charge in [0.2, 0.25) is 5.91 Å². The fourth-order valence-corrected chi connectivity index (χ4v) is 2.83. The van der Waals surface area contributed by atoms with Crippen molar-refractivity contribution in [2.24, 2.45) is 11.1 Å². The molecule has 3 nitrogen and oxygen atoms in total. The highest BCUT2D eigenvalue weighted by molar-refractivity contribution is 5.91. The Kier molecular flexibility index (Phi) is 4.48. The minimum Gasteiger partial charge on any atom is -0.355 e. The SMILES string of the molecule is CCC(CC)(CN)CNC(=O)C1(c2ccccc2)CC1. The van der Waals surface area contributed by atoms with Crippen LogP contribution in [-0.2, 0) is 10.2 Å². The Labute approximate surface area is 121 Å². The Bertz CT molecular complexity index is 439. The van der Waals surface area contributed by atoms with Crippen molar-refractivity contribution in [3.8, 4) is 0 Å². The van der Waals surface area contributed by atoms with Gasteiger partial charge >= 0.3 is 0 Å². The summed E-state index contributed by atoms with van der Waals surface area (Å²) < 4.78 is 0. The van der Waals surface area contributed by atoms with Crippen LogP contribution in [0.4, 0.5) is 0 Å². The van der Waals surface area contributed by atoms with Crippen molar-refractivity contribution in [2.75, 3.05) is 13.1 Å². The van der Waals surface area contributed by atoms with E-state index in [4.69, 9.17) is 5.73 Å². The number of nitrogens with one attached hydrogen (secondary N) is 1. The standard InChI is InChI=1S/C17H26N2O/c1-3-16(4-2,12-18)13-19-15(20)17(10-11-17)14-8-6-5-7-9-14/h5-9H,3-4,10-13,18H2,1-2H3,(H,19,20). The zero-order chi connectivity index (χ0) is 14.6. The van der Waals surface area contributed by atoms with E-state index in [-0.39, 0.29) is 16.7 Å². The lowest BCUT2D eigenvalue weighted by molar-refractivity contribution is -0.124. The molecule has 2 rings (SSSR count). The van der Waals surface area contributed by atoms with E-state index < -0.39 is 0 Å². The minimum atomic E-state index is -0.275. The van der Waals surface area contributed by atoms with Gasteiger partial charge in [0, 0.05) is 6.54 Å². The third-order valence-corrected chi connectivity index (χ3v) is 5.07. The normalized spacial score (nSPS) is 16.8. The number of nitrogens with two attached hydrogens (primary N) is 1. The van der Waals surface area contributed by atoms with Crippen molar-refractivity contribution in [3.63, 3.8) is 0 Å². The summed E-state index contributed by atoms with van der Waals surface area (Å²) in [6, 6.07) is 10.1. The molecule has 3 heteroatoms. The van der Waals surface area contributed by atoms with E-state index in [2.05, 4.69) is 31.3 Å². The van der Waals surface area contributed by atoms with Crippen LogP contribution in [0.15, 0.2) is 30.3 Å². The molecule has 0 unspecified atom stereocenters. The van der Waals surface area contributed by atoms with Gasteiger partial charge in [0.25, 0.3) is 0 Å². The molecule has 1 aliphatic carbocycles. The van der Waals surface area contributed by atoms with Gasteiger partial charge in [-0.3, -0.25) is 4.79 Å². The van der Waals surface area contributed by atoms with Crippen LogP contribution in [0, 0.1) is 5.41 Å². The average Bonchev–Trinajstić information content (AvgIpc) is 3.32. The molecule has 1 saturated carbocycles. The third-order valence-electron chi connectivity index (χ3n) is 5.07. The molecule has 1 aromatic carbocycles. The fourth-order valence-electron chi connectivity index (χ4n) is 2.83. The highest BCUT2D eigenvalue weighted by Gasteiger charge is 2.51. The quantitative estimate of drug-likeness (QED) is 0.803. The summed E-state index contributed by atoms with van der Waals surface area (Å²) in [5, 5.41) is 3.16. The largest absolute Gasteiger partial charge is 0.355 e. The van der Waals surface area contributed by atoms with Gasteiger partial charge in [0.05, 0.1) is 5.41 Å². The molecule has 1 aromatic rings. The second-order valence-electron chi connectivity index (χ2n) is 6.04. The van der Waals surface area contributed by atoms with Gasteiger partial charge in [0.1, 0.15) is 0 Å². The summed E-state index contributed by atoms with van der Waals surface area (Å²) in [6.45, 7) is 5.60. The van der Waals surface area contributed by atoms with Crippen LogP contribution < -0.4 is 11.1 Å². The number of carbonyl (C=O) groups excluding carboxylic acids is 1. The molecule has 0 atom stereocenters. The molecule has 1 aliphatic rings. The molecule has 0 heterocycles. The van der Waals surface area contributed by atoms with Gasteiger partial charge in [-0.15, -0.1) is 0 Å². The van der Waals surface area contributed by atoms with E-state index in [1.807, 2.05) is 18.2 Å². The van der Waals surface area contributed by atoms with Crippen LogP contribution in [0.5, 0.6) is 0 Å². The lowest BCUT2D eigenvalue weighted by Crippen LogP contribution is -2.45. The molecule has 0 aromatic heterocycles. The Balaban J connectivity index is 2.03.